The van der Waals surface area contributed by atoms with Crippen molar-refractivity contribution in [1.29, 1.82) is 0 Å². The Kier molecular flexibility index (Phi) is 5.95. The first kappa shape index (κ1) is 20.2. The molecule has 0 radical (unpaired) electrons. The van der Waals surface area contributed by atoms with Crippen molar-refractivity contribution < 1.29 is 18.0 Å². The van der Waals surface area contributed by atoms with Crippen LogP contribution in [0.2, 0.25) is 0 Å². The Morgan fingerprint density at radius 1 is 1.15 bits per heavy atom. The van der Waals surface area contributed by atoms with Gasteiger partial charge in [0.05, 0.1) is 0 Å². The summed E-state index contributed by atoms with van der Waals surface area (Å²) in [5.74, 6) is 0.0893. The van der Waals surface area contributed by atoms with E-state index < -0.39 is 21.4 Å². The number of carbonyl (C=O) groups is 2. The van der Waals surface area contributed by atoms with Gasteiger partial charge in [-0.05, 0) is 29.4 Å². The number of sulfonamides is 1. The molecule has 8 heteroatoms. The van der Waals surface area contributed by atoms with Crippen molar-refractivity contribution in [2.45, 2.75) is 57.7 Å². The largest absolute Gasteiger partial charge is 0.332 e. The molecule has 1 aliphatic rings. The van der Waals surface area contributed by atoms with Crippen LogP contribution in [0.4, 0.5) is 10.5 Å². The first-order valence-electron chi connectivity index (χ1n) is 8.75. The lowest BCUT2D eigenvalue weighted by Gasteiger charge is -2.22. The third kappa shape index (κ3) is 4.17. The third-order valence-electron chi connectivity index (χ3n) is 4.64. The number of rotatable bonds is 5. The smallest absolute Gasteiger partial charge is 0.327 e. The molecule has 0 aliphatic carbocycles. The second-order valence-corrected chi connectivity index (χ2v) is 9.06. The lowest BCUT2D eigenvalue weighted by atomic mass is 9.93. The zero-order valence-corrected chi connectivity index (χ0v) is 16.7. The highest BCUT2D eigenvalue weighted by molar-refractivity contribution is 7.90. The van der Waals surface area contributed by atoms with E-state index in [9.17, 15) is 18.0 Å². The molecular formula is C18H27N3O4S. The molecule has 0 saturated carbocycles. The molecule has 1 aromatic rings. The highest BCUT2D eigenvalue weighted by Gasteiger charge is 2.38. The summed E-state index contributed by atoms with van der Waals surface area (Å²) >= 11 is 0. The molecule has 0 aromatic heterocycles. The van der Waals surface area contributed by atoms with E-state index in [4.69, 9.17) is 0 Å². The molecule has 1 atom stereocenters. The van der Waals surface area contributed by atoms with Crippen LogP contribution in [0.5, 0.6) is 0 Å². The lowest BCUT2D eigenvalue weighted by Crippen LogP contribution is -2.46. The van der Waals surface area contributed by atoms with Crippen LogP contribution in [0.15, 0.2) is 18.2 Å². The van der Waals surface area contributed by atoms with Crippen molar-refractivity contribution in [1.82, 2.24) is 9.62 Å². The maximum absolute atomic E-state index is 12.5. The predicted octanol–water partition coefficient (Wildman–Crippen LogP) is 2.96. The standard InChI is InChI=1S/C18H27N3O4S/c1-11(2)13-7-6-8-14(12(3)4)17(13)19-18(23)20-26(24,25)16-10-9-15(22)21(16)5/h6-8,11-12,16H,9-10H2,1-5H3,(H2,19,20,23). The second kappa shape index (κ2) is 7.65. The first-order chi connectivity index (χ1) is 12.0. The summed E-state index contributed by atoms with van der Waals surface area (Å²) in [6.45, 7) is 8.05. The Labute approximate surface area is 155 Å². The van der Waals surface area contributed by atoms with Crippen LogP contribution in [0, 0.1) is 0 Å². The van der Waals surface area contributed by atoms with Gasteiger partial charge in [0.15, 0.2) is 5.37 Å². The molecule has 1 saturated heterocycles. The quantitative estimate of drug-likeness (QED) is 0.820. The normalized spacial score (nSPS) is 17.9. The van der Waals surface area contributed by atoms with Gasteiger partial charge in [0.25, 0.3) is 10.0 Å². The number of benzene rings is 1. The summed E-state index contributed by atoms with van der Waals surface area (Å²) in [5, 5.41) is 1.69. The Balaban J connectivity index is 2.24. The number of nitrogens with zero attached hydrogens (tertiary/aromatic N) is 1. The van der Waals surface area contributed by atoms with Crippen molar-refractivity contribution in [3.63, 3.8) is 0 Å². The van der Waals surface area contributed by atoms with Crippen molar-refractivity contribution in [2.75, 3.05) is 12.4 Å². The van der Waals surface area contributed by atoms with Gasteiger partial charge >= 0.3 is 6.03 Å². The zero-order chi connectivity index (χ0) is 19.6. The molecule has 2 N–H and O–H groups in total. The Hall–Kier alpha value is -2.09. The van der Waals surface area contributed by atoms with Crippen LogP contribution >= 0.6 is 0 Å². The maximum atomic E-state index is 12.5. The fourth-order valence-corrected chi connectivity index (χ4v) is 4.58. The fraction of sp³-hybridized carbons (Fsp3) is 0.556. The van der Waals surface area contributed by atoms with E-state index in [1.54, 1.807) is 0 Å². The molecule has 144 valence electrons. The van der Waals surface area contributed by atoms with Crippen molar-refractivity contribution >= 4 is 27.6 Å². The molecule has 0 bridgehead atoms. The first-order valence-corrected chi connectivity index (χ1v) is 10.3. The summed E-state index contributed by atoms with van der Waals surface area (Å²) in [7, 11) is -2.55. The van der Waals surface area contributed by atoms with E-state index >= 15 is 0 Å². The van der Waals surface area contributed by atoms with Crippen molar-refractivity contribution in [3.8, 4) is 0 Å². The minimum Gasteiger partial charge on any atom is -0.327 e. The number of nitrogens with one attached hydrogen (secondary N) is 2. The minimum atomic E-state index is -3.98. The fourth-order valence-electron chi connectivity index (χ4n) is 3.17. The molecule has 1 unspecified atom stereocenters. The summed E-state index contributed by atoms with van der Waals surface area (Å²) < 4.78 is 27.0. The highest BCUT2D eigenvalue weighted by atomic mass is 32.2. The molecule has 0 spiro atoms. The van der Waals surface area contributed by atoms with E-state index in [1.165, 1.54) is 7.05 Å². The van der Waals surface area contributed by atoms with Crippen LogP contribution in [0.3, 0.4) is 0 Å². The van der Waals surface area contributed by atoms with Crippen molar-refractivity contribution in [3.05, 3.63) is 29.3 Å². The number of carbonyl (C=O) groups excluding carboxylic acids is 2. The van der Waals surface area contributed by atoms with Crippen LogP contribution in [-0.2, 0) is 14.8 Å². The second-order valence-electron chi connectivity index (χ2n) is 7.22. The van der Waals surface area contributed by atoms with Crippen LogP contribution < -0.4 is 10.0 Å². The highest BCUT2D eigenvalue weighted by Crippen LogP contribution is 2.32. The SMILES string of the molecule is CC(C)c1cccc(C(C)C)c1NC(=O)NS(=O)(=O)C1CCC(=O)N1C. The van der Waals surface area contributed by atoms with Crippen LogP contribution in [0.1, 0.15) is 63.5 Å². The summed E-state index contributed by atoms with van der Waals surface area (Å²) in [4.78, 5) is 25.2. The lowest BCUT2D eigenvalue weighted by molar-refractivity contribution is -0.126. The Morgan fingerprint density at radius 2 is 1.69 bits per heavy atom. The van der Waals surface area contributed by atoms with Gasteiger partial charge in [-0.3, -0.25) is 4.79 Å². The number of anilines is 1. The summed E-state index contributed by atoms with van der Waals surface area (Å²) in [5.41, 5.74) is 2.52. The number of likely N-dealkylation sites (tertiary alicyclic amines) is 1. The predicted molar refractivity (Wildman–Crippen MR) is 101 cm³/mol. The number of urea groups is 1. The summed E-state index contributed by atoms with van der Waals surface area (Å²) in [6.07, 6.45) is 0.342. The van der Waals surface area contributed by atoms with Crippen LogP contribution in [-0.4, -0.2) is 37.7 Å². The molecule has 1 aliphatic heterocycles. The van der Waals surface area contributed by atoms with Crippen molar-refractivity contribution in [2.24, 2.45) is 0 Å². The molecular weight excluding hydrogens is 354 g/mol. The van der Waals surface area contributed by atoms with Gasteiger partial charge in [0.2, 0.25) is 5.91 Å². The van der Waals surface area contributed by atoms with Gasteiger partial charge < -0.3 is 10.2 Å². The van der Waals surface area contributed by atoms with E-state index in [0.29, 0.717) is 5.69 Å². The summed E-state index contributed by atoms with van der Waals surface area (Å²) in [6, 6.07) is 4.96. The minimum absolute atomic E-state index is 0.164. The number of para-hydroxylation sites is 1. The molecule has 3 amide bonds. The van der Waals surface area contributed by atoms with Gasteiger partial charge in [0, 0.05) is 19.2 Å². The van der Waals surface area contributed by atoms with Crippen LogP contribution in [0.25, 0.3) is 0 Å². The van der Waals surface area contributed by atoms with Gasteiger partial charge in [-0.2, -0.15) is 0 Å². The van der Waals surface area contributed by atoms with Gasteiger partial charge in [0.1, 0.15) is 0 Å². The van der Waals surface area contributed by atoms with Gasteiger partial charge in [-0.25, -0.2) is 17.9 Å². The number of hydrogen-bond acceptors (Lipinski definition) is 4. The van der Waals surface area contributed by atoms with E-state index in [0.717, 1.165) is 16.0 Å². The third-order valence-corrected chi connectivity index (χ3v) is 6.37. The average molecular weight is 381 g/mol. The van der Waals surface area contributed by atoms with E-state index in [1.807, 2.05) is 45.9 Å². The topological polar surface area (TPSA) is 95.6 Å². The zero-order valence-electron chi connectivity index (χ0n) is 15.9. The molecule has 7 nitrogen and oxygen atoms in total. The molecule has 1 fully saturated rings. The van der Waals surface area contributed by atoms with E-state index in [-0.39, 0.29) is 30.6 Å². The number of hydrogen-bond donors (Lipinski definition) is 2. The molecule has 1 heterocycles. The van der Waals surface area contributed by atoms with Gasteiger partial charge in [-0.15, -0.1) is 0 Å². The maximum Gasteiger partial charge on any atom is 0.332 e. The molecule has 2 rings (SSSR count). The monoisotopic (exact) mass is 381 g/mol. The Morgan fingerprint density at radius 3 is 2.12 bits per heavy atom. The van der Waals surface area contributed by atoms with E-state index in [2.05, 4.69) is 10.0 Å². The molecule has 1 aromatic carbocycles. The van der Waals surface area contributed by atoms with Gasteiger partial charge in [-0.1, -0.05) is 45.9 Å². The average Bonchev–Trinajstić information content (AvgIpc) is 2.86. The number of amides is 3. The molecule has 26 heavy (non-hydrogen) atoms. The Bertz CT molecular complexity index is 776.